The highest BCUT2D eigenvalue weighted by molar-refractivity contribution is 5.90. The highest BCUT2D eigenvalue weighted by Gasteiger charge is 2.13. The van der Waals surface area contributed by atoms with Crippen molar-refractivity contribution in [2.24, 2.45) is 0 Å². The number of benzene rings is 1. The molecule has 0 aliphatic rings. The number of halogens is 2. The number of carbonyl (C=O) groups is 1. The standard InChI is InChI=1S/C15H11F2NO2/c1-20-15(19)11-7-5-10(6-8-11)13(16)14(17)12-4-2-3-9-18-12/h2-9H,1H3/b14-13-. The quantitative estimate of drug-likeness (QED) is 0.803. The van der Waals surface area contributed by atoms with Crippen molar-refractivity contribution < 1.29 is 18.3 Å². The maximum Gasteiger partial charge on any atom is 0.337 e. The zero-order valence-corrected chi connectivity index (χ0v) is 10.6. The predicted molar refractivity (Wildman–Crippen MR) is 71.0 cm³/mol. The Kier molecular flexibility index (Phi) is 4.20. The molecule has 0 spiro atoms. The average Bonchev–Trinajstić information content (AvgIpc) is 2.53. The molecule has 1 aromatic carbocycles. The molecule has 1 heterocycles. The van der Waals surface area contributed by atoms with Crippen LogP contribution in [0.2, 0.25) is 0 Å². The predicted octanol–water partition coefficient (Wildman–Crippen LogP) is 3.63. The van der Waals surface area contributed by atoms with Crippen molar-refractivity contribution >= 4 is 17.6 Å². The van der Waals surface area contributed by atoms with E-state index in [2.05, 4.69) is 9.72 Å². The Balaban J connectivity index is 2.34. The zero-order valence-electron chi connectivity index (χ0n) is 10.6. The van der Waals surface area contributed by atoms with Gasteiger partial charge in [-0.25, -0.2) is 13.6 Å². The van der Waals surface area contributed by atoms with Crippen LogP contribution in [0.5, 0.6) is 0 Å². The third kappa shape index (κ3) is 2.88. The van der Waals surface area contributed by atoms with Gasteiger partial charge < -0.3 is 4.74 Å². The Hall–Kier alpha value is -2.56. The van der Waals surface area contributed by atoms with Crippen molar-refractivity contribution in [1.29, 1.82) is 0 Å². The lowest BCUT2D eigenvalue weighted by molar-refractivity contribution is 0.0600. The summed E-state index contributed by atoms with van der Waals surface area (Å²) in [5.74, 6) is -2.61. The second-order valence-corrected chi connectivity index (χ2v) is 3.91. The van der Waals surface area contributed by atoms with Gasteiger partial charge in [0.1, 0.15) is 5.69 Å². The average molecular weight is 275 g/mol. The van der Waals surface area contributed by atoms with Crippen LogP contribution < -0.4 is 0 Å². The lowest BCUT2D eigenvalue weighted by atomic mass is 10.1. The maximum absolute atomic E-state index is 14.0. The Morgan fingerprint density at radius 3 is 2.20 bits per heavy atom. The van der Waals surface area contributed by atoms with Crippen LogP contribution in [0.1, 0.15) is 21.6 Å². The molecule has 0 saturated carbocycles. The van der Waals surface area contributed by atoms with E-state index in [-0.39, 0.29) is 16.8 Å². The summed E-state index contributed by atoms with van der Waals surface area (Å²) in [6, 6.07) is 9.90. The molecule has 3 nitrogen and oxygen atoms in total. The van der Waals surface area contributed by atoms with Gasteiger partial charge in [0.2, 0.25) is 0 Å². The van der Waals surface area contributed by atoms with Gasteiger partial charge in [-0.15, -0.1) is 0 Å². The lowest BCUT2D eigenvalue weighted by Gasteiger charge is -2.03. The highest BCUT2D eigenvalue weighted by atomic mass is 19.2. The maximum atomic E-state index is 14.0. The fourth-order valence-electron chi connectivity index (χ4n) is 1.60. The number of carbonyl (C=O) groups excluding carboxylic acids is 1. The molecule has 0 radical (unpaired) electrons. The minimum absolute atomic E-state index is 0.0285. The molecule has 0 amide bonds. The topological polar surface area (TPSA) is 39.2 Å². The molecule has 0 saturated heterocycles. The van der Waals surface area contributed by atoms with Gasteiger partial charge in [0.25, 0.3) is 0 Å². The first-order chi connectivity index (χ1) is 9.63. The van der Waals surface area contributed by atoms with Gasteiger partial charge in [-0.3, -0.25) is 4.98 Å². The van der Waals surface area contributed by atoms with Crippen molar-refractivity contribution in [3.63, 3.8) is 0 Å². The van der Waals surface area contributed by atoms with E-state index in [1.54, 1.807) is 12.1 Å². The number of methoxy groups -OCH3 is 1. The molecule has 0 aliphatic heterocycles. The monoisotopic (exact) mass is 275 g/mol. The molecule has 0 atom stereocenters. The summed E-state index contributed by atoms with van der Waals surface area (Å²) in [5.41, 5.74) is 0.213. The van der Waals surface area contributed by atoms with E-state index in [1.165, 1.54) is 43.6 Å². The molecule has 5 heteroatoms. The van der Waals surface area contributed by atoms with Gasteiger partial charge in [0.15, 0.2) is 11.7 Å². The van der Waals surface area contributed by atoms with Crippen molar-refractivity contribution in [1.82, 2.24) is 4.98 Å². The van der Waals surface area contributed by atoms with E-state index in [1.807, 2.05) is 0 Å². The zero-order chi connectivity index (χ0) is 14.5. The first-order valence-electron chi connectivity index (χ1n) is 5.79. The van der Waals surface area contributed by atoms with Crippen LogP contribution in [0.4, 0.5) is 8.78 Å². The molecule has 0 fully saturated rings. The minimum Gasteiger partial charge on any atom is -0.465 e. The molecule has 0 N–H and O–H groups in total. The SMILES string of the molecule is COC(=O)c1ccc(/C(F)=C(/F)c2ccccn2)cc1. The summed E-state index contributed by atoms with van der Waals surface area (Å²) >= 11 is 0. The summed E-state index contributed by atoms with van der Waals surface area (Å²) in [4.78, 5) is 15.0. The number of aromatic nitrogens is 1. The number of rotatable bonds is 3. The van der Waals surface area contributed by atoms with Crippen LogP contribution >= 0.6 is 0 Å². The van der Waals surface area contributed by atoms with E-state index in [0.717, 1.165) is 0 Å². The van der Waals surface area contributed by atoms with E-state index < -0.39 is 17.6 Å². The molecule has 0 aliphatic carbocycles. The molecular formula is C15H11F2NO2. The summed E-state index contributed by atoms with van der Waals surface area (Å²) in [5, 5.41) is 0. The van der Waals surface area contributed by atoms with Crippen LogP contribution in [-0.2, 0) is 4.74 Å². The summed E-state index contributed by atoms with van der Waals surface area (Å²) < 4.78 is 32.4. The van der Waals surface area contributed by atoms with Crippen molar-refractivity contribution in [2.45, 2.75) is 0 Å². The lowest BCUT2D eigenvalue weighted by Crippen LogP contribution is -2.00. The second kappa shape index (κ2) is 6.06. The largest absolute Gasteiger partial charge is 0.465 e. The van der Waals surface area contributed by atoms with Crippen molar-refractivity contribution in [2.75, 3.05) is 7.11 Å². The Morgan fingerprint density at radius 1 is 1.00 bits per heavy atom. The molecule has 102 valence electrons. The molecule has 0 bridgehead atoms. The van der Waals surface area contributed by atoms with Crippen LogP contribution in [0.25, 0.3) is 11.7 Å². The second-order valence-electron chi connectivity index (χ2n) is 3.91. The van der Waals surface area contributed by atoms with Gasteiger partial charge in [-0.2, -0.15) is 0 Å². The number of hydrogen-bond acceptors (Lipinski definition) is 3. The third-order valence-corrected chi connectivity index (χ3v) is 2.64. The Labute approximate surface area is 114 Å². The van der Waals surface area contributed by atoms with E-state index >= 15 is 0 Å². The van der Waals surface area contributed by atoms with Crippen LogP contribution in [0.15, 0.2) is 48.7 Å². The smallest absolute Gasteiger partial charge is 0.337 e. The summed E-state index contributed by atoms with van der Waals surface area (Å²) in [7, 11) is 1.25. The third-order valence-electron chi connectivity index (χ3n) is 2.64. The normalized spacial score (nSPS) is 11.8. The van der Waals surface area contributed by atoms with Crippen molar-refractivity contribution in [3.05, 3.63) is 65.5 Å². The van der Waals surface area contributed by atoms with E-state index in [9.17, 15) is 13.6 Å². The Morgan fingerprint density at radius 2 is 1.65 bits per heavy atom. The minimum atomic E-state index is -1.04. The first-order valence-corrected chi connectivity index (χ1v) is 5.79. The summed E-state index contributed by atoms with van der Waals surface area (Å²) in [6.07, 6.45) is 1.38. The van der Waals surface area contributed by atoms with Crippen LogP contribution in [0, 0.1) is 0 Å². The molecular weight excluding hydrogens is 264 g/mol. The van der Waals surface area contributed by atoms with Gasteiger partial charge in [0.05, 0.1) is 12.7 Å². The van der Waals surface area contributed by atoms with Gasteiger partial charge in [-0.05, 0) is 24.3 Å². The van der Waals surface area contributed by atoms with Crippen LogP contribution in [0.3, 0.4) is 0 Å². The van der Waals surface area contributed by atoms with Gasteiger partial charge in [0, 0.05) is 11.8 Å². The fourth-order valence-corrected chi connectivity index (χ4v) is 1.60. The molecule has 20 heavy (non-hydrogen) atoms. The van der Waals surface area contributed by atoms with Gasteiger partial charge >= 0.3 is 5.97 Å². The van der Waals surface area contributed by atoms with E-state index in [0.29, 0.717) is 0 Å². The van der Waals surface area contributed by atoms with Crippen molar-refractivity contribution in [3.8, 4) is 0 Å². The molecule has 0 unspecified atom stereocenters. The summed E-state index contributed by atoms with van der Waals surface area (Å²) in [6.45, 7) is 0. The van der Waals surface area contributed by atoms with E-state index in [4.69, 9.17) is 0 Å². The highest BCUT2D eigenvalue weighted by Crippen LogP contribution is 2.27. The Bertz CT molecular complexity index is 637. The molecule has 2 aromatic rings. The number of esters is 1. The van der Waals surface area contributed by atoms with Crippen LogP contribution in [-0.4, -0.2) is 18.1 Å². The number of ether oxygens (including phenoxy) is 1. The molecule has 1 aromatic heterocycles. The van der Waals surface area contributed by atoms with Gasteiger partial charge in [-0.1, -0.05) is 18.2 Å². The fraction of sp³-hybridized carbons (Fsp3) is 0.0667. The number of hydrogen-bond donors (Lipinski definition) is 0. The number of pyridine rings is 1. The number of nitrogens with zero attached hydrogens (tertiary/aromatic N) is 1. The molecule has 2 rings (SSSR count). The first kappa shape index (κ1) is 13.9.